The van der Waals surface area contributed by atoms with Crippen molar-refractivity contribution < 1.29 is 13.2 Å². The summed E-state index contributed by atoms with van der Waals surface area (Å²) in [4.78, 5) is 21.6. The average Bonchev–Trinajstić information content (AvgIpc) is 3.14. The van der Waals surface area contributed by atoms with Crippen LogP contribution >= 0.6 is 11.6 Å². The predicted octanol–water partition coefficient (Wildman–Crippen LogP) is 5.48. The highest BCUT2D eigenvalue weighted by atomic mass is 35.5. The molecule has 0 unspecified atom stereocenters. The molecule has 0 spiro atoms. The van der Waals surface area contributed by atoms with E-state index in [2.05, 4.69) is 9.97 Å². The molecule has 0 aliphatic rings. The maximum Gasteiger partial charge on any atom is 0.283 e. The van der Waals surface area contributed by atoms with Gasteiger partial charge in [-0.3, -0.25) is 4.79 Å². The zero-order valence-electron chi connectivity index (χ0n) is 19.4. The highest BCUT2D eigenvalue weighted by molar-refractivity contribution is 7.92. The van der Waals surface area contributed by atoms with Gasteiger partial charge in [0.2, 0.25) is 0 Å². The Kier molecular flexibility index (Phi) is 7.33. The Morgan fingerprint density at radius 1 is 1.06 bits per heavy atom. The second-order valence-electron chi connectivity index (χ2n) is 8.09. The van der Waals surface area contributed by atoms with E-state index in [1.807, 2.05) is 71.7 Å². The Morgan fingerprint density at radius 3 is 2.54 bits per heavy atom. The maximum atomic E-state index is 12.6. The van der Waals surface area contributed by atoms with Crippen LogP contribution in [0.3, 0.4) is 0 Å². The number of rotatable bonds is 8. The molecule has 1 N–H and O–H groups in total. The molecule has 0 bridgehead atoms. The Morgan fingerprint density at radius 2 is 1.83 bits per heavy atom. The first-order valence-electron chi connectivity index (χ1n) is 11.2. The summed E-state index contributed by atoms with van der Waals surface area (Å²) in [6.45, 7) is 4.17. The van der Waals surface area contributed by atoms with Crippen LogP contribution in [0.4, 0.5) is 0 Å². The minimum atomic E-state index is -3.90. The SMILES string of the molecule is CCCC=CS(=O)(=O)NC(=O)c1ccc2nc(C)n(Cc3ccc(-c4ccccc4)cc3Cl)c2n1. The number of benzene rings is 2. The van der Waals surface area contributed by atoms with Gasteiger partial charge in [0.05, 0.1) is 6.54 Å². The van der Waals surface area contributed by atoms with Crippen molar-refractivity contribution in [2.24, 2.45) is 0 Å². The summed E-state index contributed by atoms with van der Waals surface area (Å²) in [6.07, 6.45) is 2.92. The van der Waals surface area contributed by atoms with Crippen LogP contribution < -0.4 is 4.72 Å². The lowest BCUT2D eigenvalue weighted by molar-refractivity contribution is 0.0977. The van der Waals surface area contributed by atoms with E-state index in [1.54, 1.807) is 6.07 Å². The second-order valence-corrected chi connectivity index (χ2v) is 10.1. The van der Waals surface area contributed by atoms with Crippen molar-refractivity contribution in [1.29, 1.82) is 0 Å². The zero-order valence-corrected chi connectivity index (χ0v) is 21.0. The number of unbranched alkanes of at least 4 members (excludes halogenated alkanes) is 1. The summed E-state index contributed by atoms with van der Waals surface area (Å²) in [7, 11) is -3.90. The number of carbonyl (C=O) groups excluding carboxylic acids is 1. The van der Waals surface area contributed by atoms with Gasteiger partial charge in [-0.25, -0.2) is 23.1 Å². The summed E-state index contributed by atoms with van der Waals surface area (Å²) < 4.78 is 28.2. The van der Waals surface area contributed by atoms with Crippen molar-refractivity contribution in [3.05, 3.63) is 94.3 Å². The molecule has 0 saturated heterocycles. The fraction of sp³-hybridized carbons (Fsp3) is 0.192. The Bertz CT molecular complexity index is 1510. The van der Waals surface area contributed by atoms with E-state index in [0.717, 1.165) is 28.5 Å². The van der Waals surface area contributed by atoms with Crippen molar-refractivity contribution in [3.8, 4) is 11.1 Å². The molecule has 4 rings (SSSR count). The third-order valence-corrected chi connectivity index (χ3v) is 6.84. The number of hydrogen-bond donors (Lipinski definition) is 1. The van der Waals surface area contributed by atoms with Gasteiger partial charge in [0.15, 0.2) is 5.65 Å². The standard InChI is InChI=1S/C26H25ClN4O3S/c1-3-4-8-15-35(33,34)30-26(32)24-14-13-23-25(29-24)31(18(2)28-23)17-21-12-11-20(16-22(21)27)19-9-6-5-7-10-19/h5-16H,3-4,17H2,1-2H3,(H,30,32). The molecular formula is C26H25ClN4O3S. The number of carbonyl (C=O) groups is 1. The van der Waals surface area contributed by atoms with Crippen LogP contribution in [-0.2, 0) is 16.6 Å². The number of fused-ring (bicyclic) bond motifs is 1. The number of halogens is 1. The van der Waals surface area contributed by atoms with Gasteiger partial charge in [0.25, 0.3) is 15.9 Å². The van der Waals surface area contributed by atoms with E-state index in [1.165, 1.54) is 12.1 Å². The summed E-state index contributed by atoms with van der Waals surface area (Å²) in [5.74, 6) is -0.105. The van der Waals surface area contributed by atoms with Gasteiger partial charge in [0.1, 0.15) is 17.0 Å². The van der Waals surface area contributed by atoms with Crippen molar-refractivity contribution in [2.45, 2.75) is 33.2 Å². The third-order valence-electron chi connectivity index (χ3n) is 5.47. The average molecular weight is 509 g/mol. The number of nitrogens with zero attached hydrogens (tertiary/aromatic N) is 3. The molecule has 0 saturated carbocycles. The Hall–Kier alpha value is -3.49. The van der Waals surface area contributed by atoms with Crippen molar-refractivity contribution >= 4 is 38.7 Å². The normalized spacial score (nSPS) is 11.9. The molecule has 2 aromatic heterocycles. The van der Waals surface area contributed by atoms with Crippen LogP contribution in [0.25, 0.3) is 22.3 Å². The van der Waals surface area contributed by atoms with Crippen LogP contribution in [0, 0.1) is 6.92 Å². The van der Waals surface area contributed by atoms with E-state index in [4.69, 9.17) is 11.6 Å². The molecule has 2 aromatic carbocycles. The first-order chi connectivity index (χ1) is 16.8. The molecule has 9 heteroatoms. The minimum Gasteiger partial charge on any atom is -0.308 e. The fourth-order valence-electron chi connectivity index (χ4n) is 3.66. The topological polar surface area (TPSA) is 94.0 Å². The first-order valence-corrected chi connectivity index (χ1v) is 13.1. The summed E-state index contributed by atoms with van der Waals surface area (Å²) in [5, 5.41) is 1.61. The minimum absolute atomic E-state index is 0.0170. The number of pyridine rings is 1. The summed E-state index contributed by atoms with van der Waals surface area (Å²) >= 11 is 6.61. The summed E-state index contributed by atoms with van der Waals surface area (Å²) in [6, 6.07) is 19.0. The van der Waals surface area contributed by atoms with Crippen LogP contribution in [-0.4, -0.2) is 28.9 Å². The van der Waals surface area contributed by atoms with Crippen molar-refractivity contribution in [3.63, 3.8) is 0 Å². The van der Waals surface area contributed by atoms with Crippen LogP contribution in [0.15, 0.2) is 72.1 Å². The van der Waals surface area contributed by atoms with Crippen molar-refractivity contribution in [2.75, 3.05) is 0 Å². The van der Waals surface area contributed by atoms with E-state index < -0.39 is 15.9 Å². The molecule has 0 fully saturated rings. The largest absolute Gasteiger partial charge is 0.308 e. The number of hydrogen-bond acceptors (Lipinski definition) is 5. The number of imidazole rings is 1. The van der Waals surface area contributed by atoms with E-state index in [0.29, 0.717) is 35.0 Å². The van der Waals surface area contributed by atoms with Gasteiger partial charge in [-0.15, -0.1) is 0 Å². The maximum absolute atomic E-state index is 12.6. The van der Waals surface area contributed by atoms with Crippen LogP contribution in [0.1, 0.15) is 41.6 Å². The lowest BCUT2D eigenvalue weighted by Crippen LogP contribution is -2.29. The van der Waals surface area contributed by atoms with E-state index in [9.17, 15) is 13.2 Å². The quantitative estimate of drug-likeness (QED) is 0.340. The van der Waals surface area contributed by atoms with Crippen LogP contribution in [0.5, 0.6) is 0 Å². The zero-order chi connectivity index (χ0) is 25.0. The van der Waals surface area contributed by atoms with Gasteiger partial charge in [0, 0.05) is 10.4 Å². The molecular weight excluding hydrogens is 484 g/mol. The van der Waals surface area contributed by atoms with Gasteiger partial charge in [-0.2, -0.15) is 0 Å². The molecule has 1 amide bonds. The third kappa shape index (κ3) is 5.78. The number of aryl methyl sites for hydroxylation is 1. The number of aromatic nitrogens is 3. The lowest BCUT2D eigenvalue weighted by Gasteiger charge is -2.11. The highest BCUT2D eigenvalue weighted by Gasteiger charge is 2.18. The Labute approximate surface area is 209 Å². The number of sulfonamides is 1. The van der Waals surface area contributed by atoms with Crippen molar-refractivity contribution in [1.82, 2.24) is 19.3 Å². The van der Waals surface area contributed by atoms with Crippen LogP contribution in [0.2, 0.25) is 5.02 Å². The monoisotopic (exact) mass is 508 g/mol. The molecule has 7 nitrogen and oxygen atoms in total. The second kappa shape index (κ2) is 10.4. The fourth-order valence-corrected chi connectivity index (χ4v) is 4.72. The van der Waals surface area contributed by atoms with Gasteiger partial charge in [-0.05, 0) is 48.2 Å². The smallest absolute Gasteiger partial charge is 0.283 e. The molecule has 2 heterocycles. The molecule has 4 aromatic rings. The van der Waals surface area contributed by atoms with Gasteiger partial charge >= 0.3 is 0 Å². The predicted molar refractivity (Wildman–Crippen MR) is 139 cm³/mol. The lowest BCUT2D eigenvalue weighted by atomic mass is 10.0. The summed E-state index contributed by atoms with van der Waals surface area (Å²) in [5.41, 5.74) is 4.00. The van der Waals surface area contributed by atoms with Gasteiger partial charge < -0.3 is 4.57 Å². The molecule has 180 valence electrons. The number of amides is 1. The first kappa shape index (κ1) is 24.6. The molecule has 35 heavy (non-hydrogen) atoms. The van der Waals surface area contributed by atoms with E-state index >= 15 is 0 Å². The number of nitrogens with one attached hydrogen (secondary N) is 1. The molecule has 0 atom stereocenters. The van der Waals surface area contributed by atoms with Gasteiger partial charge in [-0.1, -0.05) is 73.5 Å². The molecule has 0 aliphatic carbocycles. The molecule has 0 aliphatic heterocycles. The molecule has 0 radical (unpaired) electrons. The van der Waals surface area contributed by atoms with E-state index in [-0.39, 0.29) is 5.69 Å². The Balaban J connectivity index is 1.61. The number of allylic oxidation sites excluding steroid dienone is 1. The highest BCUT2D eigenvalue weighted by Crippen LogP contribution is 2.27.